The van der Waals surface area contributed by atoms with Crippen LogP contribution in [0, 0.1) is 11.8 Å². The first kappa shape index (κ1) is 15.3. The minimum absolute atomic E-state index is 0.105. The lowest BCUT2D eigenvalue weighted by Gasteiger charge is -2.37. The van der Waals surface area contributed by atoms with Crippen molar-refractivity contribution in [3.8, 4) is 0 Å². The van der Waals surface area contributed by atoms with Crippen molar-refractivity contribution in [2.75, 3.05) is 26.7 Å². The van der Waals surface area contributed by atoms with E-state index >= 15 is 0 Å². The Hall–Kier alpha value is -0.120. The molecule has 2 aliphatic rings. The topological polar surface area (TPSA) is 35.5 Å². The fourth-order valence-corrected chi connectivity index (χ4v) is 3.86. The normalized spacial score (nSPS) is 31.7. The van der Waals surface area contributed by atoms with E-state index in [1.807, 2.05) is 0 Å². The van der Waals surface area contributed by atoms with Crippen LogP contribution >= 0.6 is 0 Å². The molecule has 3 atom stereocenters. The Morgan fingerprint density at radius 1 is 1.21 bits per heavy atom. The molecule has 0 radical (unpaired) electrons. The molecule has 2 N–H and O–H groups in total. The molecule has 112 valence electrons. The van der Waals surface area contributed by atoms with Crippen LogP contribution in [-0.2, 0) is 0 Å². The zero-order chi connectivity index (χ0) is 13.7. The van der Waals surface area contributed by atoms with Gasteiger partial charge in [0.05, 0.1) is 6.10 Å². The van der Waals surface area contributed by atoms with E-state index < -0.39 is 0 Å². The Kier molecular flexibility index (Phi) is 6.11. The Labute approximate surface area is 118 Å². The van der Waals surface area contributed by atoms with Crippen LogP contribution in [0.3, 0.4) is 0 Å². The number of piperidine rings is 1. The summed E-state index contributed by atoms with van der Waals surface area (Å²) in [5, 5.41) is 13.6. The Balaban J connectivity index is 1.73. The Morgan fingerprint density at radius 2 is 1.95 bits per heavy atom. The maximum absolute atomic E-state index is 9.85. The van der Waals surface area contributed by atoms with Gasteiger partial charge in [-0.1, -0.05) is 19.8 Å². The average molecular weight is 268 g/mol. The molecule has 1 heterocycles. The van der Waals surface area contributed by atoms with E-state index in [9.17, 15) is 5.11 Å². The summed E-state index contributed by atoms with van der Waals surface area (Å²) >= 11 is 0. The van der Waals surface area contributed by atoms with E-state index in [2.05, 4.69) is 24.2 Å². The van der Waals surface area contributed by atoms with Crippen molar-refractivity contribution < 1.29 is 5.11 Å². The van der Waals surface area contributed by atoms with Gasteiger partial charge in [-0.15, -0.1) is 0 Å². The number of likely N-dealkylation sites (N-methyl/N-ethyl adjacent to an activating group) is 1. The summed E-state index contributed by atoms with van der Waals surface area (Å²) in [7, 11) is 2.22. The summed E-state index contributed by atoms with van der Waals surface area (Å²) in [5.41, 5.74) is 0. The monoisotopic (exact) mass is 268 g/mol. The van der Waals surface area contributed by atoms with Crippen molar-refractivity contribution in [2.24, 2.45) is 11.8 Å². The number of nitrogens with zero attached hydrogens (tertiary/aromatic N) is 1. The van der Waals surface area contributed by atoms with Crippen molar-refractivity contribution in [3.63, 3.8) is 0 Å². The molecule has 3 heteroatoms. The van der Waals surface area contributed by atoms with Gasteiger partial charge in [-0.25, -0.2) is 0 Å². The van der Waals surface area contributed by atoms with E-state index in [1.54, 1.807) is 0 Å². The molecule has 3 nitrogen and oxygen atoms in total. The molecule has 0 aromatic rings. The highest BCUT2D eigenvalue weighted by atomic mass is 16.3. The highest BCUT2D eigenvalue weighted by molar-refractivity contribution is 4.84. The second kappa shape index (κ2) is 7.61. The summed E-state index contributed by atoms with van der Waals surface area (Å²) in [6.45, 7) is 5.61. The zero-order valence-electron chi connectivity index (χ0n) is 12.8. The highest BCUT2D eigenvalue weighted by Crippen LogP contribution is 2.25. The molecule has 0 aromatic carbocycles. The molecule has 1 saturated carbocycles. The summed E-state index contributed by atoms with van der Waals surface area (Å²) in [6, 6.07) is 0.633. The number of rotatable bonds is 6. The molecule has 0 amide bonds. The SMILES string of the molecule is CCC(O)CC1CC(NCC2CCCC2)CN(C)C1. The van der Waals surface area contributed by atoms with Gasteiger partial charge in [0, 0.05) is 19.1 Å². The fourth-order valence-electron chi connectivity index (χ4n) is 3.86. The molecule has 0 spiro atoms. The van der Waals surface area contributed by atoms with Gasteiger partial charge < -0.3 is 15.3 Å². The second-order valence-electron chi connectivity index (χ2n) is 6.88. The van der Waals surface area contributed by atoms with Crippen LogP contribution in [-0.4, -0.2) is 48.8 Å². The lowest BCUT2D eigenvalue weighted by Crippen LogP contribution is -2.49. The number of likely N-dealkylation sites (tertiary alicyclic amines) is 1. The van der Waals surface area contributed by atoms with Crippen LogP contribution in [0.25, 0.3) is 0 Å². The minimum atomic E-state index is -0.105. The maximum atomic E-state index is 9.85. The van der Waals surface area contributed by atoms with Crippen LogP contribution in [0.15, 0.2) is 0 Å². The highest BCUT2D eigenvalue weighted by Gasteiger charge is 2.27. The molecule has 1 aliphatic carbocycles. The summed E-state index contributed by atoms with van der Waals surface area (Å²) in [4.78, 5) is 2.43. The van der Waals surface area contributed by atoms with Gasteiger partial charge in [0.1, 0.15) is 0 Å². The predicted molar refractivity (Wildman–Crippen MR) is 80.3 cm³/mol. The minimum Gasteiger partial charge on any atom is -0.393 e. The molecule has 2 fully saturated rings. The van der Waals surface area contributed by atoms with Gasteiger partial charge in [-0.2, -0.15) is 0 Å². The van der Waals surface area contributed by atoms with E-state index in [0.29, 0.717) is 12.0 Å². The lowest BCUT2D eigenvalue weighted by atomic mass is 9.89. The van der Waals surface area contributed by atoms with E-state index in [4.69, 9.17) is 0 Å². The molecule has 1 aliphatic heterocycles. The van der Waals surface area contributed by atoms with Gasteiger partial charge in [0.15, 0.2) is 0 Å². The maximum Gasteiger partial charge on any atom is 0.0540 e. The molecule has 0 aromatic heterocycles. The fraction of sp³-hybridized carbons (Fsp3) is 1.00. The molecular formula is C16H32N2O. The standard InChI is InChI=1S/C16H32N2O/c1-3-16(19)9-14-8-15(12-18(2)11-14)17-10-13-6-4-5-7-13/h13-17,19H,3-12H2,1-2H3. The van der Waals surface area contributed by atoms with Crippen LogP contribution < -0.4 is 5.32 Å². The second-order valence-corrected chi connectivity index (χ2v) is 6.88. The van der Waals surface area contributed by atoms with Crippen molar-refractivity contribution >= 4 is 0 Å². The predicted octanol–water partition coefficient (Wildman–Crippen LogP) is 2.25. The van der Waals surface area contributed by atoms with Crippen molar-refractivity contribution in [2.45, 2.75) is 64.0 Å². The van der Waals surface area contributed by atoms with E-state index in [0.717, 1.165) is 25.3 Å². The first-order valence-electron chi connectivity index (χ1n) is 8.27. The summed E-state index contributed by atoms with van der Waals surface area (Å²) in [6.07, 6.45) is 8.72. The number of aliphatic hydroxyl groups is 1. The van der Waals surface area contributed by atoms with Crippen LogP contribution in [0.5, 0.6) is 0 Å². The quantitative estimate of drug-likeness (QED) is 0.775. The smallest absolute Gasteiger partial charge is 0.0540 e. The Morgan fingerprint density at radius 3 is 2.63 bits per heavy atom. The first-order chi connectivity index (χ1) is 9.17. The van der Waals surface area contributed by atoms with Crippen LogP contribution in [0.2, 0.25) is 0 Å². The van der Waals surface area contributed by atoms with Crippen LogP contribution in [0.1, 0.15) is 51.9 Å². The van der Waals surface area contributed by atoms with Gasteiger partial charge in [0.25, 0.3) is 0 Å². The van der Waals surface area contributed by atoms with Crippen LogP contribution in [0.4, 0.5) is 0 Å². The third-order valence-electron chi connectivity index (χ3n) is 4.97. The third-order valence-corrected chi connectivity index (χ3v) is 4.97. The zero-order valence-corrected chi connectivity index (χ0v) is 12.8. The molecular weight excluding hydrogens is 236 g/mol. The largest absolute Gasteiger partial charge is 0.393 e. The number of hydrogen-bond donors (Lipinski definition) is 2. The van der Waals surface area contributed by atoms with Gasteiger partial charge in [0.2, 0.25) is 0 Å². The van der Waals surface area contributed by atoms with E-state index in [-0.39, 0.29) is 6.10 Å². The summed E-state index contributed by atoms with van der Waals surface area (Å²) in [5.74, 6) is 1.58. The van der Waals surface area contributed by atoms with Crippen molar-refractivity contribution in [1.29, 1.82) is 0 Å². The Bertz CT molecular complexity index is 253. The number of hydrogen-bond acceptors (Lipinski definition) is 3. The summed E-state index contributed by atoms with van der Waals surface area (Å²) < 4.78 is 0. The average Bonchev–Trinajstić information content (AvgIpc) is 2.88. The molecule has 1 saturated heterocycles. The molecule has 2 rings (SSSR count). The third kappa shape index (κ3) is 5.05. The molecule has 0 bridgehead atoms. The number of aliphatic hydroxyl groups excluding tert-OH is 1. The first-order valence-corrected chi connectivity index (χ1v) is 8.27. The van der Waals surface area contributed by atoms with Gasteiger partial charge in [-0.05, 0) is 57.5 Å². The lowest BCUT2D eigenvalue weighted by molar-refractivity contribution is 0.0938. The van der Waals surface area contributed by atoms with E-state index in [1.165, 1.54) is 45.2 Å². The van der Waals surface area contributed by atoms with Crippen molar-refractivity contribution in [1.82, 2.24) is 10.2 Å². The van der Waals surface area contributed by atoms with Gasteiger partial charge in [-0.3, -0.25) is 0 Å². The number of nitrogens with one attached hydrogen (secondary N) is 1. The van der Waals surface area contributed by atoms with Crippen molar-refractivity contribution in [3.05, 3.63) is 0 Å². The molecule has 3 unspecified atom stereocenters. The van der Waals surface area contributed by atoms with Gasteiger partial charge >= 0.3 is 0 Å². The molecule has 19 heavy (non-hydrogen) atoms.